The number of halogens is 2. The average molecular weight is 391 g/mol. The van der Waals surface area contributed by atoms with E-state index >= 15 is 0 Å². The molecule has 0 saturated heterocycles. The molecule has 18 heavy (non-hydrogen) atoms. The van der Waals surface area contributed by atoms with E-state index in [-0.39, 0.29) is 5.78 Å². The van der Waals surface area contributed by atoms with Crippen LogP contribution in [0.2, 0.25) is 5.02 Å². The number of carbonyl (C=O) groups excluding carboxylic acids is 1. The quantitative estimate of drug-likeness (QED) is 0.486. The highest BCUT2D eigenvalue weighted by Gasteiger charge is 2.11. The molecule has 2 rings (SSSR count). The van der Waals surface area contributed by atoms with Crippen LogP contribution in [0.15, 0.2) is 30.3 Å². The lowest BCUT2D eigenvalue weighted by molar-refractivity contribution is 0.0985. The Balaban J connectivity index is 2.32. The fourth-order valence-electron chi connectivity index (χ4n) is 1.67. The first kappa shape index (κ1) is 14.0. The number of hydrogen-bond donors (Lipinski definition) is 0. The molecule has 0 aliphatic heterocycles. The van der Waals surface area contributed by atoms with Crippen LogP contribution in [0.1, 0.15) is 29.4 Å². The summed E-state index contributed by atoms with van der Waals surface area (Å²) in [4.78, 5) is 13.8. The molecule has 0 amide bonds. The Bertz CT molecular complexity index is 577. The van der Waals surface area contributed by atoms with E-state index in [4.69, 9.17) is 11.6 Å². The molecule has 94 valence electrons. The van der Waals surface area contributed by atoms with Gasteiger partial charge >= 0.3 is 0 Å². The van der Waals surface area contributed by atoms with Gasteiger partial charge in [0.25, 0.3) is 0 Å². The van der Waals surface area contributed by atoms with E-state index in [0.29, 0.717) is 6.42 Å². The van der Waals surface area contributed by atoms with Crippen LogP contribution in [-0.2, 0) is 0 Å². The van der Waals surface area contributed by atoms with Gasteiger partial charge in [0, 0.05) is 25.5 Å². The van der Waals surface area contributed by atoms with Crippen molar-refractivity contribution in [2.24, 2.45) is 0 Å². The average Bonchev–Trinajstić information content (AvgIpc) is 2.78. The zero-order chi connectivity index (χ0) is 13.1. The van der Waals surface area contributed by atoms with E-state index < -0.39 is 0 Å². The van der Waals surface area contributed by atoms with Gasteiger partial charge in [0.2, 0.25) is 0 Å². The zero-order valence-corrected chi connectivity index (χ0v) is 13.6. The van der Waals surface area contributed by atoms with Gasteiger partial charge in [0.15, 0.2) is 5.78 Å². The van der Waals surface area contributed by atoms with Gasteiger partial charge in [0.05, 0.1) is 4.88 Å². The molecule has 0 fully saturated rings. The highest BCUT2D eigenvalue weighted by molar-refractivity contribution is 14.1. The van der Waals surface area contributed by atoms with Crippen molar-refractivity contribution in [3.8, 4) is 10.4 Å². The minimum Gasteiger partial charge on any atom is -0.293 e. The van der Waals surface area contributed by atoms with Crippen molar-refractivity contribution in [3.63, 3.8) is 0 Å². The molecule has 2 aromatic rings. The lowest BCUT2D eigenvalue weighted by Gasteiger charge is -2.01. The van der Waals surface area contributed by atoms with Crippen LogP contribution in [0.3, 0.4) is 0 Å². The van der Waals surface area contributed by atoms with Crippen molar-refractivity contribution in [2.75, 3.05) is 0 Å². The summed E-state index contributed by atoms with van der Waals surface area (Å²) in [7, 11) is 0. The standard InChI is InChI=1S/C14H12ClIOS/c1-2-3-12(17)14-7-6-13(18-14)10-5-4-9(15)8-11(10)16/h4-8H,2-3H2,1H3. The van der Waals surface area contributed by atoms with Crippen LogP contribution in [0.25, 0.3) is 10.4 Å². The number of ketones is 1. The minimum atomic E-state index is 0.234. The van der Waals surface area contributed by atoms with E-state index in [1.807, 2.05) is 37.3 Å². The molecule has 0 atom stereocenters. The van der Waals surface area contributed by atoms with Crippen LogP contribution in [-0.4, -0.2) is 5.78 Å². The molecule has 1 heterocycles. The van der Waals surface area contributed by atoms with E-state index in [0.717, 1.165) is 30.3 Å². The van der Waals surface area contributed by atoms with Gasteiger partial charge in [-0.05, 0) is 53.3 Å². The number of carbonyl (C=O) groups is 1. The molecule has 1 aromatic heterocycles. The Labute approximate surface area is 129 Å². The van der Waals surface area contributed by atoms with Gasteiger partial charge in [-0.15, -0.1) is 11.3 Å². The van der Waals surface area contributed by atoms with E-state index in [1.54, 1.807) is 11.3 Å². The monoisotopic (exact) mass is 390 g/mol. The van der Waals surface area contributed by atoms with Crippen LogP contribution in [0.5, 0.6) is 0 Å². The van der Waals surface area contributed by atoms with E-state index in [9.17, 15) is 4.79 Å². The summed E-state index contributed by atoms with van der Waals surface area (Å²) in [5.74, 6) is 0.234. The normalized spacial score (nSPS) is 10.6. The van der Waals surface area contributed by atoms with Gasteiger partial charge in [0.1, 0.15) is 0 Å². The Hall–Kier alpha value is -0.390. The number of benzene rings is 1. The predicted octanol–water partition coefficient (Wildman–Crippen LogP) is 5.66. The van der Waals surface area contributed by atoms with Gasteiger partial charge in [-0.3, -0.25) is 4.79 Å². The third-order valence-corrected chi connectivity index (χ3v) is 4.84. The lowest BCUT2D eigenvalue weighted by Crippen LogP contribution is -1.93. The molecule has 0 unspecified atom stereocenters. The third kappa shape index (κ3) is 3.13. The summed E-state index contributed by atoms with van der Waals surface area (Å²) < 4.78 is 1.11. The van der Waals surface area contributed by atoms with Crippen LogP contribution in [0, 0.1) is 3.57 Å². The summed E-state index contributed by atoms with van der Waals surface area (Å²) >= 11 is 9.77. The molecule has 1 aromatic carbocycles. The third-order valence-electron chi connectivity index (χ3n) is 2.55. The second-order valence-corrected chi connectivity index (χ2v) is 6.64. The van der Waals surface area contributed by atoms with E-state index in [2.05, 4.69) is 22.6 Å². The van der Waals surface area contributed by atoms with Crippen molar-refractivity contribution in [1.82, 2.24) is 0 Å². The van der Waals surface area contributed by atoms with Crippen LogP contribution >= 0.6 is 45.5 Å². The molecule has 0 bridgehead atoms. The van der Waals surface area contributed by atoms with Crippen molar-refractivity contribution < 1.29 is 4.79 Å². The van der Waals surface area contributed by atoms with Crippen LogP contribution in [0.4, 0.5) is 0 Å². The summed E-state index contributed by atoms with van der Waals surface area (Å²) in [5.41, 5.74) is 1.14. The second-order valence-electron chi connectivity index (χ2n) is 3.96. The fraction of sp³-hybridized carbons (Fsp3) is 0.214. The smallest absolute Gasteiger partial charge is 0.172 e. The number of rotatable bonds is 4. The summed E-state index contributed by atoms with van der Waals surface area (Å²) in [6.07, 6.45) is 1.52. The second kappa shape index (κ2) is 6.17. The maximum Gasteiger partial charge on any atom is 0.172 e. The molecule has 1 nitrogen and oxygen atoms in total. The summed E-state index contributed by atoms with van der Waals surface area (Å²) in [5, 5.41) is 0.738. The molecule has 0 aliphatic rings. The molecule has 0 spiro atoms. The van der Waals surface area contributed by atoms with Crippen molar-refractivity contribution >= 4 is 51.3 Å². The first-order valence-corrected chi connectivity index (χ1v) is 7.97. The van der Waals surface area contributed by atoms with Gasteiger partial charge in [-0.2, -0.15) is 0 Å². The largest absolute Gasteiger partial charge is 0.293 e. The van der Waals surface area contributed by atoms with Crippen molar-refractivity contribution in [3.05, 3.63) is 43.8 Å². The highest BCUT2D eigenvalue weighted by atomic mass is 127. The number of Topliss-reactive ketones (excluding diaryl/α,β-unsaturated/α-hetero) is 1. The Morgan fingerprint density at radius 3 is 2.78 bits per heavy atom. The maximum atomic E-state index is 11.8. The molecule has 0 saturated carbocycles. The predicted molar refractivity (Wildman–Crippen MR) is 86.7 cm³/mol. The SMILES string of the molecule is CCCC(=O)c1ccc(-c2ccc(Cl)cc2I)s1. The first-order chi connectivity index (χ1) is 8.61. The van der Waals surface area contributed by atoms with Crippen LogP contribution < -0.4 is 0 Å². The van der Waals surface area contributed by atoms with Crippen molar-refractivity contribution in [2.45, 2.75) is 19.8 Å². The fourth-order valence-corrected chi connectivity index (χ4v) is 4.03. The van der Waals surface area contributed by atoms with Gasteiger partial charge in [-0.25, -0.2) is 0 Å². The van der Waals surface area contributed by atoms with Gasteiger partial charge in [-0.1, -0.05) is 24.6 Å². The molecule has 0 aliphatic carbocycles. The Morgan fingerprint density at radius 2 is 2.11 bits per heavy atom. The molecular formula is C14H12ClIOS. The van der Waals surface area contributed by atoms with Gasteiger partial charge < -0.3 is 0 Å². The molecule has 0 N–H and O–H groups in total. The first-order valence-electron chi connectivity index (χ1n) is 5.70. The van der Waals surface area contributed by atoms with E-state index in [1.165, 1.54) is 0 Å². The minimum absolute atomic E-state index is 0.234. The number of hydrogen-bond acceptors (Lipinski definition) is 2. The summed E-state index contributed by atoms with van der Waals surface area (Å²) in [6, 6.07) is 9.75. The highest BCUT2D eigenvalue weighted by Crippen LogP contribution is 2.33. The Kier molecular flexibility index (Phi) is 4.81. The lowest BCUT2D eigenvalue weighted by atomic mass is 10.2. The zero-order valence-electron chi connectivity index (χ0n) is 9.87. The maximum absolute atomic E-state index is 11.8. The Morgan fingerprint density at radius 1 is 1.33 bits per heavy atom. The number of thiophene rings is 1. The molecule has 0 radical (unpaired) electrons. The molecule has 4 heteroatoms. The topological polar surface area (TPSA) is 17.1 Å². The summed E-state index contributed by atoms with van der Waals surface area (Å²) in [6.45, 7) is 2.02. The molecular weight excluding hydrogens is 379 g/mol. The van der Waals surface area contributed by atoms with Crippen molar-refractivity contribution in [1.29, 1.82) is 0 Å².